The summed E-state index contributed by atoms with van der Waals surface area (Å²) in [5.74, 6) is -0.617. The van der Waals surface area contributed by atoms with Gasteiger partial charge in [-0.05, 0) is 26.0 Å². The Balaban J connectivity index is 2.91. The molecule has 2 nitrogen and oxygen atoms in total. The van der Waals surface area contributed by atoms with Crippen molar-refractivity contribution in [3.05, 3.63) is 30.1 Å². The Morgan fingerprint density at radius 2 is 1.76 bits per heavy atom. The van der Waals surface area contributed by atoms with Crippen molar-refractivity contribution < 1.29 is 17.7 Å². The van der Waals surface area contributed by atoms with Crippen molar-refractivity contribution in [2.45, 2.75) is 26.1 Å². The topological polar surface area (TPSA) is 8.81 Å². The fourth-order valence-corrected chi connectivity index (χ4v) is 2.19. The lowest BCUT2D eigenvalue weighted by atomic mass is 10.3. The molecule has 0 aliphatic heterocycles. The van der Waals surface area contributed by atoms with Gasteiger partial charge in [-0.15, -0.1) is 0 Å². The smallest absolute Gasteiger partial charge is 0.222 e. The Kier molecular flexibility index (Phi) is 2.64. The van der Waals surface area contributed by atoms with Gasteiger partial charge in [0.2, 0.25) is 0 Å². The maximum absolute atomic E-state index is 13.1. The molecule has 0 amide bonds. The number of imidazole rings is 1. The highest BCUT2D eigenvalue weighted by molar-refractivity contribution is 5.72. The summed E-state index contributed by atoms with van der Waals surface area (Å²) in [6.45, 7) is 3.50. The Morgan fingerprint density at radius 3 is 2.29 bits per heavy atom. The van der Waals surface area contributed by atoms with Crippen LogP contribution in [0.5, 0.6) is 0 Å². The quantitative estimate of drug-likeness (QED) is 0.681. The first-order valence-electron chi connectivity index (χ1n) is 5.40. The molecule has 0 atom stereocenters. The van der Waals surface area contributed by atoms with Gasteiger partial charge in [-0.2, -0.15) is 13.2 Å². The number of rotatable bonds is 1. The van der Waals surface area contributed by atoms with Crippen LogP contribution in [0.3, 0.4) is 0 Å². The zero-order valence-electron chi connectivity index (χ0n) is 9.92. The summed E-state index contributed by atoms with van der Waals surface area (Å²) in [7, 11) is 1.45. The molecule has 1 aromatic carbocycles. The Hall–Kier alpha value is -1.52. The van der Waals surface area contributed by atoms with Gasteiger partial charge < -0.3 is 0 Å². The fraction of sp³-hybridized carbons (Fsp3) is 0.417. The van der Waals surface area contributed by atoms with E-state index in [-0.39, 0.29) is 6.04 Å². The molecular weight excluding hydrogens is 229 g/mol. The number of hydrogen-bond acceptors (Lipinski definition) is 0. The molecule has 1 aromatic heterocycles. The molecule has 0 unspecified atom stereocenters. The standard InChI is InChI=1S/C12H14F3N2/c1-8(2)17-10-7-5-4-6-9(10)16(3)11(17)12(13,14)15/h4-8H,1-3H3/q+1. The van der Waals surface area contributed by atoms with Gasteiger partial charge in [0, 0.05) is 0 Å². The number of hydrogen-bond donors (Lipinski definition) is 0. The predicted octanol–water partition coefficient (Wildman–Crippen LogP) is 3.07. The van der Waals surface area contributed by atoms with E-state index in [0.717, 1.165) is 0 Å². The first kappa shape index (κ1) is 12.0. The minimum atomic E-state index is -4.35. The molecule has 0 saturated carbocycles. The summed E-state index contributed by atoms with van der Waals surface area (Å²) >= 11 is 0. The van der Waals surface area contributed by atoms with Gasteiger partial charge in [-0.25, -0.2) is 9.13 Å². The predicted molar refractivity (Wildman–Crippen MR) is 58.5 cm³/mol. The molecule has 0 radical (unpaired) electrons. The van der Waals surface area contributed by atoms with E-state index in [4.69, 9.17) is 0 Å². The van der Waals surface area contributed by atoms with Crippen molar-refractivity contribution in [3.63, 3.8) is 0 Å². The number of nitrogens with zero attached hydrogens (tertiary/aromatic N) is 2. The van der Waals surface area contributed by atoms with Crippen molar-refractivity contribution in [2.24, 2.45) is 7.05 Å². The number of aromatic nitrogens is 2. The molecule has 1 heterocycles. The average molecular weight is 243 g/mol. The normalized spacial score (nSPS) is 12.6. The summed E-state index contributed by atoms with van der Waals surface area (Å²) in [6.07, 6.45) is -4.35. The molecule has 0 aliphatic rings. The van der Waals surface area contributed by atoms with Crippen molar-refractivity contribution >= 4 is 11.0 Å². The largest absolute Gasteiger partial charge is 0.495 e. The van der Waals surface area contributed by atoms with Crippen LogP contribution < -0.4 is 4.57 Å². The molecule has 2 rings (SSSR count). The van der Waals surface area contributed by atoms with Crippen LogP contribution in [0.15, 0.2) is 24.3 Å². The van der Waals surface area contributed by atoms with Crippen molar-refractivity contribution in [1.29, 1.82) is 0 Å². The third-order valence-electron chi connectivity index (χ3n) is 2.82. The Morgan fingerprint density at radius 1 is 1.18 bits per heavy atom. The first-order chi connectivity index (χ1) is 7.84. The molecule has 0 saturated heterocycles. The monoisotopic (exact) mass is 243 g/mol. The highest BCUT2D eigenvalue weighted by Gasteiger charge is 2.46. The van der Waals surface area contributed by atoms with E-state index in [2.05, 4.69) is 0 Å². The highest BCUT2D eigenvalue weighted by Crippen LogP contribution is 2.30. The van der Waals surface area contributed by atoms with E-state index in [9.17, 15) is 13.2 Å². The zero-order chi connectivity index (χ0) is 12.8. The van der Waals surface area contributed by atoms with E-state index in [1.54, 1.807) is 38.1 Å². The van der Waals surface area contributed by atoms with Crippen molar-refractivity contribution in [1.82, 2.24) is 4.57 Å². The summed E-state index contributed by atoms with van der Waals surface area (Å²) in [4.78, 5) is 0. The van der Waals surface area contributed by atoms with Crippen LogP contribution in [0.4, 0.5) is 13.2 Å². The Labute approximate surface area is 97.3 Å². The second-order valence-corrected chi connectivity index (χ2v) is 4.33. The average Bonchev–Trinajstić information content (AvgIpc) is 2.52. The SMILES string of the molecule is CC(C)[n+]1c(C(F)(F)F)n(C)c2ccccc21. The van der Waals surface area contributed by atoms with Crippen LogP contribution in [0, 0.1) is 0 Å². The molecule has 0 N–H and O–H groups in total. The number of halogens is 3. The highest BCUT2D eigenvalue weighted by atomic mass is 19.4. The summed E-state index contributed by atoms with van der Waals surface area (Å²) in [5.41, 5.74) is 1.20. The van der Waals surface area contributed by atoms with Crippen LogP contribution in [-0.2, 0) is 13.2 Å². The van der Waals surface area contributed by atoms with Crippen LogP contribution in [0.1, 0.15) is 25.7 Å². The van der Waals surface area contributed by atoms with Gasteiger partial charge in [0.1, 0.15) is 0 Å². The van der Waals surface area contributed by atoms with E-state index in [0.29, 0.717) is 11.0 Å². The molecule has 17 heavy (non-hydrogen) atoms. The Bertz CT molecular complexity index is 553. The molecule has 0 spiro atoms. The maximum Gasteiger partial charge on any atom is 0.495 e. The molecule has 2 aromatic rings. The van der Waals surface area contributed by atoms with Crippen LogP contribution in [-0.4, -0.2) is 4.57 Å². The van der Waals surface area contributed by atoms with Gasteiger partial charge >= 0.3 is 12.0 Å². The molecule has 0 aliphatic carbocycles. The lowest BCUT2D eigenvalue weighted by Crippen LogP contribution is -2.43. The van der Waals surface area contributed by atoms with Gasteiger partial charge in [0.25, 0.3) is 0 Å². The van der Waals surface area contributed by atoms with Gasteiger partial charge in [0.05, 0.1) is 13.1 Å². The lowest BCUT2D eigenvalue weighted by Gasteiger charge is -2.08. The minimum Gasteiger partial charge on any atom is -0.222 e. The van der Waals surface area contributed by atoms with E-state index < -0.39 is 12.0 Å². The summed E-state index contributed by atoms with van der Waals surface area (Å²) in [5, 5.41) is 0. The maximum atomic E-state index is 13.1. The molecule has 92 valence electrons. The fourth-order valence-electron chi connectivity index (χ4n) is 2.19. The van der Waals surface area contributed by atoms with Gasteiger partial charge in [-0.3, -0.25) is 0 Å². The molecule has 0 fully saturated rings. The summed E-state index contributed by atoms with van der Waals surface area (Å²) in [6, 6.07) is 6.67. The zero-order valence-corrected chi connectivity index (χ0v) is 9.92. The van der Waals surface area contributed by atoms with E-state index >= 15 is 0 Å². The third kappa shape index (κ3) is 1.79. The van der Waals surface area contributed by atoms with E-state index in [1.807, 2.05) is 0 Å². The van der Waals surface area contributed by atoms with Gasteiger partial charge in [0.15, 0.2) is 11.0 Å². The number of aryl methyl sites for hydroxylation is 1. The number of alkyl halides is 3. The second-order valence-electron chi connectivity index (χ2n) is 4.33. The van der Waals surface area contributed by atoms with Crippen molar-refractivity contribution in [2.75, 3.05) is 0 Å². The van der Waals surface area contributed by atoms with Gasteiger partial charge in [-0.1, -0.05) is 12.1 Å². The van der Waals surface area contributed by atoms with Crippen molar-refractivity contribution in [3.8, 4) is 0 Å². The minimum absolute atomic E-state index is 0.238. The van der Waals surface area contributed by atoms with Crippen LogP contribution in [0.25, 0.3) is 11.0 Å². The lowest BCUT2D eigenvalue weighted by molar-refractivity contribution is -0.710. The number of para-hydroxylation sites is 2. The molecule has 5 heteroatoms. The second kappa shape index (κ2) is 3.75. The molecular formula is C12H14F3N2+. The third-order valence-corrected chi connectivity index (χ3v) is 2.82. The van der Waals surface area contributed by atoms with Crippen LogP contribution in [0.2, 0.25) is 0 Å². The van der Waals surface area contributed by atoms with Crippen LogP contribution >= 0.6 is 0 Å². The first-order valence-corrected chi connectivity index (χ1v) is 5.40. The van der Waals surface area contributed by atoms with E-state index in [1.165, 1.54) is 16.2 Å². The molecule has 0 bridgehead atoms. The number of benzene rings is 1. The number of fused-ring (bicyclic) bond motifs is 1. The summed E-state index contributed by atoms with van der Waals surface area (Å²) < 4.78 is 41.7.